The lowest BCUT2D eigenvalue weighted by Crippen LogP contribution is -2.41. The van der Waals surface area contributed by atoms with E-state index in [1.807, 2.05) is 19.1 Å². The van der Waals surface area contributed by atoms with Crippen LogP contribution in [0.3, 0.4) is 0 Å². The molecule has 1 aromatic rings. The minimum absolute atomic E-state index is 0.342. The van der Waals surface area contributed by atoms with E-state index in [2.05, 4.69) is 22.1 Å². The molecule has 1 spiro atoms. The zero-order valence-corrected chi connectivity index (χ0v) is 14.8. The number of ether oxygens (including phenoxy) is 2. The Labute approximate surface area is 144 Å². The van der Waals surface area contributed by atoms with Crippen molar-refractivity contribution in [3.05, 3.63) is 23.9 Å². The number of likely N-dealkylation sites (tertiary alicyclic amines) is 1. The van der Waals surface area contributed by atoms with Crippen molar-refractivity contribution < 1.29 is 9.47 Å². The Hall–Kier alpha value is -1.82. The van der Waals surface area contributed by atoms with E-state index in [-0.39, 0.29) is 0 Å². The van der Waals surface area contributed by atoms with Gasteiger partial charge in [-0.2, -0.15) is 0 Å². The smallest absolute Gasteiger partial charge is 0.213 e. The number of aromatic nitrogens is 1. The van der Waals surface area contributed by atoms with Crippen molar-refractivity contribution in [2.45, 2.75) is 33.2 Å². The van der Waals surface area contributed by atoms with Crippen LogP contribution in [0.1, 0.15) is 32.3 Å². The normalized spacial score (nSPS) is 23.9. The fourth-order valence-electron chi connectivity index (χ4n) is 3.45. The van der Waals surface area contributed by atoms with Crippen LogP contribution >= 0.6 is 0 Å². The molecule has 1 unspecified atom stereocenters. The summed E-state index contributed by atoms with van der Waals surface area (Å²) in [5.41, 5.74) is 1.46. The van der Waals surface area contributed by atoms with Gasteiger partial charge in [0.25, 0.3) is 0 Å². The minimum Gasteiger partial charge on any atom is -0.478 e. The van der Waals surface area contributed by atoms with Gasteiger partial charge in [0, 0.05) is 43.9 Å². The van der Waals surface area contributed by atoms with Gasteiger partial charge in [0.1, 0.15) is 0 Å². The number of hydrogen-bond acceptors (Lipinski definition) is 4. The third kappa shape index (κ3) is 3.98. The van der Waals surface area contributed by atoms with Crippen LogP contribution in [0.15, 0.2) is 23.3 Å². The van der Waals surface area contributed by atoms with Crippen LogP contribution in [-0.2, 0) is 11.3 Å². The number of nitrogens with one attached hydrogen (secondary N) is 1. The average Bonchev–Trinajstić information content (AvgIpc) is 3.22. The van der Waals surface area contributed by atoms with Crippen molar-refractivity contribution >= 4 is 5.96 Å². The second-order valence-corrected chi connectivity index (χ2v) is 6.58. The van der Waals surface area contributed by atoms with Gasteiger partial charge in [0.2, 0.25) is 5.88 Å². The van der Waals surface area contributed by atoms with Crippen LogP contribution in [0.25, 0.3) is 0 Å². The zero-order chi connectivity index (χ0) is 16.8. The van der Waals surface area contributed by atoms with Crippen LogP contribution in [-0.4, -0.2) is 55.3 Å². The summed E-state index contributed by atoms with van der Waals surface area (Å²) in [7, 11) is 0. The molecule has 2 aliphatic heterocycles. The quantitative estimate of drug-likeness (QED) is 0.661. The molecule has 1 aromatic heterocycles. The van der Waals surface area contributed by atoms with E-state index >= 15 is 0 Å². The molecule has 6 nitrogen and oxygen atoms in total. The van der Waals surface area contributed by atoms with E-state index in [9.17, 15) is 0 Å². The van der Waals surface area contributed by atoms with Gasteiger partial charge in [-0.25, -0.2) is 9.98 Å². The predicted molar refractivity (Wildman–Crippen MR) is 94.3 cm³/mol. The molecule has 0 amide bonds. The first-order valence-electron chi connectivity index (χ1n) is 8.93. The van der Waals surface area contributed by atoms with Gasteiger partial charge < -0.3 is 19.7 Å². The van der Waals surface area contributed by atoms with Gasteiger partial charge in [0.05, 0.1) is 19.8 Å². The largest absolute Gasteiger partial charge is 0.478 e. The average molecular weight is 332 g/mol. The zero-order valence-electron chi connectivity index (χ0n) is 14.8. The van der Waals surface area contributed by atoms with Crippen molar-refractivity contribution in [3.8, 4) is 5.88 Å². The molecule has 3 rings (SSSR count). The van der Waals surface area contributed by atoms with Crippen LogP contribution in [0, 0.1) is 5.41 Å². The van der Waals surface area contributed by atoms with Crippen molar-refractivity contribution in [2.75, 3.05) is 39.5 Å². The first kappa shape index (κ1) is 17.0. The summed E-state index contributed by atoms with van der Waals surface area (Å²) in [6, 6.07) is 3.96. The summed E-state index contributed by atoms with van der Waals surface area (Å²) < 4.78 is 11.1. The Morgan fingerprint density at radius 3 is 3.12 bits per heavy atom. The standard InChI is InChI=1S/C18H28N4O2/c1-3-19-17(22-9-6-18(13-22)7-10-23-14-18)21-12-15-5-8-20-16(11-15)24-4-2/h5,8,11H,3-4,6-7,9-10,12-14H2,1-2H3,(H,19,21). The number of rotatable bonds is 5. The second kappa shape index (κ2) is 7.83. The van der Waals surface area contributed by atoms with Crippen molar-refractivity contribution in [1.82, 2.24) is 15.2 Å². The van der Waals surface area contributed by atoms with Crippen molar-refractivity contribution in [2.24, 2.45) is 10.4 Å². The molecule has 0 aliphatic carbocycles. The number of pyridine rings is 1. The second-order valence-electron chi connectivity index (χ2n) is 6.58. The Morgan fingerprint density at radius 2 is 2.38 bits per heavy atom. The fraction of sp³-hybridized carbons (Fsp3) is 0.667. The molecule has 132 valence electrons. The molecule has 1 atom stereocenters. The van der Waals surface area contributed by atoms with Gasteiger partial charge in [-0.05, 0) is 38.3 Å². The number of guanidine groups is 1. The molecule has 0 radical (unpaired) electrons. The van der Waals surface area contributed by atoms with E-state index < -0.39 is 0 Å². The molecule has 3 heterocycles. The van der Waals surface area contributed by atoms with Gasteiger partial charge in [-0.1, -0.05) is 0 Å². The Kier molecular flexibility index (Phi) is 5.56. The van der Waals surface area contributed by atoms with Crippen molar-refractivity contribution in [3.63, 3.8) is 0 Å². The lowest BCUT2D eigenvalue weighted by Gasteiger charge is -2.25. The van der Waals surface area contributed by atoms with Gasteiger partial charge >= 0.3 is 0 Å². The van der Waals surface area contributed by atoms with Crippen molar-refractivity contribution in [1.29, 1.82) is 0 Å². The molecular formula is C18H28N4O2. The summed E-state index contributed by atoms with van der Waals surface area (Å²) in [4.78, 5) is 11.4. The third-order valence-electron chi connectivity index (χ3n) is 4.76. The summed E-state index contributed by atoms with van der Waals surface area (Å²) >= 11 is 0. The monoisotopic (exact) mass is 332 g/mol. The number of aliphatic imine (C=N–C) groups is 1. The molecule has 2 fully saturated rings. The number of nitrogens with zero attached hydrogens (tertiary/aromatic N) is 3. The molecular weight excluding hydrogens is 304 g/mol. The first-order chi connectivity index (χ1) is 11.7. The Bertz CT molecular complexity index is 570. The summed E-state index contributed by atoms with van der Waals surface area (Å²) in [5, 5.41) is 3.43. The van der Waals surface area contributed by atoms with E-state index in [0.717, 1.165) is 44.4 Å². The van der Waals surface area contributed by atoms with E-state index in [1.54, 1.807) is 6.20 Å². The van der Waals surface area contributed by atoms with Crippen LogP contribution in [0.4, 0.5) is 0 Å². The molecule has 1 N–H and O–H groups in total. The molecule has 24 heavy (non-hydrogen) atoms. The third-order valence-corrected chi connectivity index (χ3v) is 4.76. The molecule has 0 bridgehead atoms. The molecule has 0 aromatic carbocycles. The van der Waals surface area contributed by atoms with Gasteiger partial charge in [0.15, 0.2) is 5.96 Å². The maximum absolute atomic E-state index is 5.63. The maximum atomic E-state index is 5.63. The number of hydrogen-bond donors (Lipinski definition) is 1. The maximum Gasteiger partial charge on any atom is 0.213 e. The highest BCUT2D eigenvalue weighted by molar-refractivity contribution is 5.80. The van der Waals surface area contributed by atoms with Gasteiger partial charge in [-0.15, -0.1) is 0 Å². The van der Waals surface area contributed by atoms with E-state index in [4.69, 9.17) is 14.5 Å². The Balaban J connectivity index is 1.66. The molecule has 6 heteroatoms. The predicted octanol–water partition coefficient (Wildman–Crippen LogP) is 2.06. The summed E-state index contributed by atoms with van der Waals surface area (Å²) in [5.74, 6) is 1.66. The van der Waals surface area contributed by atoms with E-state index in [0.29, 0.717) is 24.4 Å². The first-order valence-corrected chi connectivity index (χ1v) is 8.93. The topological polar surface area (TPSA) is 59.0 Å². The SMILES string of the molecule is CCNC(=NCc1ccnc(OCC)c1)N1CCC2(CCOC2)C1. The summed E-state index contributed by atoms with van der Waals surface area (Å²) in [6.07, 6.45) is 4.15. The lowest BCUT2D eigenvalue weighted by molar-refractivity contribution is 0.156. The summed E-state index contributed by atoms with van der Waals surface area (Å²) in [6.45, 7) is 10.1. The van der Waals surface area contributed by atoms with Crippen LogP contribution in [0.2, 0.25) is 0 Å². The molecule has 0 saturated carbocycles. The van der Waals surface area contributed by atoms with Gasteiger partial charge in [-0.3, -0.25) is 0 Å². The highest BCUT2D eigenvalue weighted by atomic mass is 16.5. The molecule has 2 aliphatic rings. The molecule has 2 saturated heterocycles. The van der Waals surface area contributed by atoms with Crippen LogP contribution in [0.5, 0.6) is 5.88 Å². The highest BCUT2D eigenvalue weighted by Gasteiger charge is 2.42. The lowest BCUT2D eigenvalue weighted by atomic mass is 9.87. The Morgan fingerprint density at radius 1 is 1.46 bits per heavy atom. The minimum atomic E-state index is 0.342. The van der Waals surface area contributed by atoms with Crippen LogP contribution < -0.4 is 10.1 Å². The highest BCUT2D eigenvalue weighted by Crippen LogP contribution is 2.38. The van der Waals surface area contributed by atoms with E-state index in [1.165, 1.54) is 12.8 Å². The fourth-order valence-corrected chi connectivity index (χ4v) is 3.45.